The summed E-state index contributed by atoms with van der Waals surface area (Å²) >= 11 is 3.68. The summed E-state index contributed by atoms with van der Waals surface area (Å²) < 4.78 is 29.5. The number of benzene rings is 4. The first-order valence-electron chi connectivity index (χ1n) is 13.7. The number of hydrogen-bond acceptors (Lipinski definition) is 9. The Balaban J connectivity index is 1.50. The topological polar surface area (TPSA) is 152 Å². The van der Waals surface area contributed by atoms with Crippen molar-refractivity contribution in [3.8, 4) is 51.3 Å². The maximum atomic E-state index is 12.1. The Hall–Kier alpha value is -5.50. The Morgan fingerprint density at radius 3 is 1.38 bits per heavy atom. The van der Waals surface area contributed by atoms with Gasteiger partial charge in [-0.15, -0.1) is 0 Å². The first kappa shape index (κ1) is 25.9. The first-order chi connectivity index (χ1) is 21.9. The monoisotopic (exact) mass is 652 g/mol. The van der Waals surface area contributed by atoms with Gasteiger partial charge in [-0.2, -0.15) is 0 Å². The number of rotatable bonds is 2. The number of nitrogens with zero attached hydrogens (tertiary/aromatic N) is 6. The Morgan fingerprint density at radius 1 is 0.489 bits per heavy atom. The van der Waals surface area contributed by atoms with Crippen molar-refractivity contribution in [2.24, 2.45) is 0 Å². The molecule has 0 saturated heterocycles. The maximum absolute atomic E-state index is 12.1. The van der Waals surface area contributed by atoms with Crippen LogP contribution in [-0.4, -0.2) is 48.3 Å². The summed E-state index contributed by atoms with van der Waals surface area (Å²) in [6.45, 7) is 0. The van der Waals surface area contributed by atoms with Gasteiger partial charge in [0.05, 0.1) is 0 Å². The molecule has 11 nitrogen and oxygen atoms in total. The third-order valence-electron chi connectivity index (χ3n) is 7.73. The molecule has 218 valence electrons. The molecular formula is C32H17CoN8O3S. The molecule has 0 fully saturated rings. The zero-order chi connectivity index (χ0) is 30.3. The van der Waals surface area contributed by atoms with Gasteiger partial charge < -0.3 is 0 Å². The molecule has 9 rings (SSSR count). The second-order valence-electron chi connectivity index (χ2n) is 10.4. The van der Waals surface area contributed by atoms with Crippen LogP contribution in [0, 0.1) is 0 Å². The zero-order valence-electron chi connectivity index (χ0n) is 22.8. The van der Waals surface area contributed by atoms with Crippen LogP contribution in [0.4, 0.5) is 0 Å². The molecular weight excluding hydrogens is 635 g/mol. The summed E-state index contributed by atoms with van der Waals surface area (Å²) in [5.74, 6) is 1.80. The minimum atomic E-state index is -4.16. The van der Waals surface area contributed by atoms with Gasteiger partial charge in [0.25, 0.3) is 0 Å². The second-order valence-corrected chi connectivity index (χ2v) is 12.8. The summed E-state index contributed by atoms with van der Waals surface area (Å²) in [6, 6.07) is 28.3. The predicted molar refractivity (Wildman–Crippen MR) is 166 cm³/mol. The van der Waals surface area contributed by atoms with Gasteiger partial charge in [0.2, 0.25) is 0 Å². The third-order valence-corrected chi connectivity index (χ3v) is 8.36. The van der Waals surface area contributed by atoms with E-state index in [0.717, 1.165) is 33.0 Å². The molecule has 0 atom stereocenters. The van der Waals surface area contributed by atoms with E-state index in [1.807, 2.05) is 72.8 Å². The van der Waals surface area contributed by atoms with E-state index in [-0.39, 0.29) is 5.75 Å². The van der Waals surface area contributed by atoms with E-state index in [1.165, 1.54) is 6.07 Å². The van der Waals surface area contributed by atoms with E-state index in [2.05, 4.69) is 24.6 Å². The van der Waals surface area contributed by atoms with Gasteiger partial charge in [-0.1, -0.05) is 24.3 Å². The summed E-state index contributed by atoms with van der Waals surface area (Å²) in [5, 5.41) is 2.72. The van der Waals surface area contributed by atoms with Crippen LogP contribution in [0.1, 0.15) is 0 Å². The normalized spacial score (nSPS) is 12.3. The Morgan fingerprint density at radius 2 is 0.889 bits per heavy atom. The Kier molecular flexibility index (Phi) is 5.48. The van der Waals surface area contributed by atoms with Crippen molar-refractivity contribution < 1.29 is 27.2 Å². The fourth-order valence-electron chi connectivity index (χ4n) is 5.83. The molecule has 0 aliphatic carbocycles. The predicted octanol–water partition coefficient (Wildman–Crippen LogP) is 6.04. The van der Waals surface area contributed by atoms with E-state index in [0.29, 0.717) is 56.7 Å². The minimum absolute atomic E-state index is 0.0387. The van der Waals surface area contributed by atoms with Gasteiger partial charge in [-0.3, -0.25) is 0 Å². The van der Waals surface area contributed by atoms with E-state index in [9.17, 15) is 8.42 Å². The number of aromatic nitrogens is 8. The molecule has 5 heterocycles. The zero-order valence-corrected chi connectivity index (χ0v) is 24.7. The van der Waals surface area contributed by atoms with Crippen molar-refractivity contribution in [3.05, 3.63) is 91.0 Å². The molecule has 3 aromatic heterocycles. The summed E-state index contributed by atoms with van der Waals surface area (Å²) in [5.41, 5.74) is 5.06. The summed E-state index contributed by atoms with van der Waals surface area (Å²) in [6.07, 6.45) is 0. The molecule has 7 aromatic rings. The van der Waals surface area contributed by atoms with Gasteiger partial charge >= 0.3 is 232 Å². The van der Waals surface area contributed by atoms with Crippen molar-refractivity contribution in [2.75, 3.05) is 0 Å². The molecule has 0 amide bonds. The molecule has 4 aromatic carbocycles. The van der Waals surface area contributed by atoms with E-state index >= 15 is 0 Å². The molecule has 2 N–H and O–H groups in total. The molecule has 0 spiro atoms. The fraction of sp³-hybridized carbons (Fsp3) is 0. The van der Waals surface area contributed by atoms with Gasteiger partial charge in [-0.25, -0.2) is 0 Å². The van der Waals surface area contributed by atoms with Gasteiger partial charge in [0.15, 0.2) is 0 Å². The number of hydrogen-bond donors (Lipinski definition) is 2. The number of nitrogens with one attached hydrogen (secondary N) is 2. The van der Waals surface area contributed by atoms with Crippen molar-refractivity contribution in [2.45, 2.75) is 0 Å². The van der Waals surface area contributed by atoms with Crippen LogP contribution in [0.25, 0.3) is 89.7 Å². The Labute approximate surface area is 261 Å². The number of aromatic amines is 2. The van der Waals surface area contributed by atoms with Gasteiger partial charge in [-0.05, 0) is 0 Å². The van der Waals surface area contributed by atoms with Crippen LogP contribution >= 0.6 is 0 Å². The SMILES string of the molecule is O=[S](=O)([Co])Oc1cccc2c3nc4nc(nc5[nH]c(nc6nc(nc([nH]3)c12)-c1ccccc1-6)c1ccccc51)-c1ccccc1-4. The molecule has 0 radical (unpaired) electrons. The quantitative estimate of drug-likeness (QED) is 0.228. The van der Waals surface area contributed by atoms with Crippen LogP contribution in [0.5, 0.6) is 5.75 Å². The summed E-state index contributed by atoms with van der Waals surface area (Å²) in [4.78, 5) is 36.1. The standard InChI is InChI=1S/C32H17N8O3S.Co/c41-44(42)43-23-15-7-14-22-24(23)32-39-30-21-13-6-5-12-20(21)28(37-30)35-26-17-9-2-1-8-16(17)25(33-26)34-27-18-10-3-4-11-19(18)29(36-27)38-31(22)40-32;/h1-15H,(H2,33,34,35,36,37,38,39,40);. The average molecular weight is 653 g/mol. The van der Waals surface area contributed by atoms with Crippen molar-refractivity contribution in [1.29, 1.82) is 0 Å². The van der Waals surface area contributed by atoms with Crippen LogP contribution in [0.3, 0.4) is 0 Å². The average Bonchev–Trinajstić information content (AvgIpc) is 3.76. The van der Waals surface area contributed by atoms with Gasteiger partial charge in [0.1, 0.15) is 0 Å². The van der Waals surface area contributed by atoms with Crippen LogP contribution in [0.15, 0.2) is 91.0 Å². The number of H-pyrrole nitrogens is 2. The third kappa shape index (κ3) is 4.20. The Bertz CT molecular complexity index is 2680. The molecule has 2 aliphatic rings. The molecule has 2 aliphatic heterocycles. The van der Waals surface area contributed by atoms with Crippen LogP contribution < -0.4 is 4.18 Å². The van der Waals surface area contributed by atoms with E-state index in [1.54, 1.807) is 12.1 Å². The number of fused-ring (bicyclic) bond motifs is 20. The second kappa shape index (κ2) is 9.50. The van der Waals surface area contributed by atoms with E-state index < -0.39 is 8.59 Å². The van der Waals surface area contributed by atoms with Crippen molar-refractivity contribution in [1.82, 2.24) is 39.9 Å². The molecule has 0 saturated carbocycles. The van der Waals surface area contributed by atoms with Crippen molar-refractivity contribution >= 4 is 52.7 Å². The van der Waals surface area contributed by atoms with Crippen LogP contribution in [-0.2, 0) is 23.2 Å². The van der Waals surface area contributed by atoms with Crippen LogP contribution in [0.2, 0.25) is 0 Å². The first-order valence-corrected chi connectivity index (χ1v) is 16.3. The van der Waals surface area contributed by atoms with Crippen molar-refractivity contribution in [3.63, 3.8) is 0 Å². The molecule has 0 unspecified atom stereocenters. The molecule has 8 bridgehead atoms. The van der Waals surface area contributed by atoms with E-state index in [4.69, 9.17) is 34.1 Å². The molecule has 45 heavy (non-hydrogen) atoms. The fourth-order valence-corrected chi connectivity index (χ4v) is 6.46. The molecule has 13 heteroatoms. The summed E-state index contributed by atoms with van der Waals surface area (Å²) in [7, 11) is -4.16. The van der Waals surface area contributed by atoms with Gasteiger partial charge in [0, 0.05) is 5.39 Å².